The topological polar surface area (TPSA) is 56.7 Å². The highest BCUT2D eigenvalue weighted by Crippen LogP contribution is 2.36. The summed E-state index contributed by atoms with van der Waals surface area (Å²) in [6.45, 7) is 2.30. The fourth-order valence-corrected chi connectivity index (χ4v) is 3.27. The molecule has 0 radical (unpaired) electrons. The summed E-state index contributed by atoms with van der Waals surface area (Å²) in [6, 6.07) is 4.50. The molecule has 20 heavy (non-hydrogen) atoms. The molecule has 0 spiro atoms. The Hall–Kier alpha value is -1.84. The van der Waals surface area contributed by atoms with Crippen molar-refractivity contribution in [3.8, 4) is 11.3 Å². The molecule has 0 atom stereocenters. The molecule has 0 amide bonds. The van der Waals surface area contributed by atoms with Crippen molar-refractivity contribution in [2.24, 2.45) is 5.92 Å². The van der Waals surface area contributed by atoms with Crippen molar-refractivity contribution in [3.05, 3.63) is 30.9 Å². The van der Waals surface area contributed by atoms with Crippen molar-refractivity contribution >= 4 is 5.82 Å². The smallest absolute Gasteiger partial charge is 0.132 e. The number of nitrogens with two attached hydrogens (primary N) is 1. The third-order valence-corrected chi connectivity index (χ3v) is 4.57. The minimum absolute atomic E-state index is 0.551. The van der Waals surface area contributed by atoms with Gasteiger partial charge in [-0.1, -0.05) is 13.3 Å². The molecule has 0 aliphatic heterocycles. The van der Waals surface area contributed by atoms with Gasteiger partial charge < -0.3 is 10.3 Å². The van der Waals surface area contributed by atoms with Crippen LogP contribution in [0.25, 0.3) is 11.3 Å². The fraction of sp³-hybridized carbons (Fsp3) is 0.500. The molecule has 1 saturated carbocycles. The van der Waals surface area contributed by atoms with Crippen LogP contribution < -0.4 is 5.73 Å². The number of hydrogen-bond donors (Lipinski definition) is 1. The highest BCUT2D eigenvalue weighted by Gasteiger charge is 2.23. The van der Waals surface area contributed by atoms with Crippen molar-refractivity contribution < 1.29 is 0 Å². The Morgan fingerprint density at radius 1 is 1.30 bits per heavy atom. The van der Waals surface area contributed by atoms with Crippen LogP contribution in [0.4, 0.5) is 5.82 Å². The highest BCUT2D eigenvalue weighted by molar-refractivity contribution is 5.70. The van der Waals surface area contributed by atoms with Gasteiger partial charge in [-0.2, -0.15) is 0 Å². The second-order valence-electron chi connectivity index (χ2n) is 5.71. The number of hydrogen-bond acceptors (Lipinski definition) is 3. The van der Waals surface area contributed by atoms with Crippen LogP contribution >= 0.6 is 0 Å². The first-order valence-electron chi connectivity index (χ1n) is 7.52. The normalized spacial score (nSPS) is 22.9. The molecule has 0 saturated heterocycles. The lowest BCUT2D eigenvalue weighted by Gasteiger charge is -2.29. The van der Waals surface area contributed by atoms with E-state index in [0.29, 0.717) is 11.9 Å². The summed E-state index contributed by atoms with van der Waals surface area (Å²) in [5.41, 5.74) is 8.08. The van der Waals surface area contributed by atoms with E-state index in [1.165, 1.54) is 32.1 Å². The Balaban J connectivity index is 1.86. The molecule has 0 aromatic carbocycles. The van der Waals surface area contributed by atoms with E-state index in [2.05, 4.69) is 21.5 Å². The third-order valence-electron chi connectivity index (χ3n) is 4.57. The Bertz CT molecular complexity index is 567. The monoisotopic (exact) mass is 270 g/mol. The number of anilines is 1. The molecule has 0 bridgehead atoms. The van der Waals surface area contributed by atoms with E-state index in [0.717, 1.165) is 17.2 Å². The quantitative estimate of drug-likeness (QED) is 0.925. The molecule has 2 aromatic rings. The van der Waals surface area contributed by atoms with Gasteiger partial charge in [-0.15, -0.1) is 0 Å². The number of nitrogen functional groups attached to an aromatic ring is 1. The van der Waals surface area contributed by atoms with Crippen molar-refractivity contribution in [2.45, 2.75) is 45.1 Å². The maximum atomic E-state index is 6.00. The molecule has 106 valence electrons. The lowest BCUT2D eigenvalue weighted by Crippen LogP contribution is -2.18. The van der Waals surface area contributed by atoms with Crippen LogP contribution in [0.1, 0.15) is 45.1 Å². The van der Waals surface area contributed by atoms with Gasteiger partial charge in [0.05, 0.1) is 18.2 Å². The van der Waals surface area contributed by atoms with Crippen LogP contribution in [0.15, 0.2) is 30.9 Å². The Morgan fingerprint density at radius 3 is 2.80 bits per heavy atom. The van der Waals surface area contributed by atoms with Crippen molar-refractivity contribution in [1.82, 2.24) is 14.5 Å². The first-order chi connectivity index (χ1) is 9.79. The molecular weight excluding hydrogens is 248 g/mol. The van der Waals surface area contributed by atoms with E-state index in [1.807, 2.05) is 24.7 Å². The number of rotatable bonds is 3. The van der Waals surface area contributed by atoms with E-state index in [-0.39, 0.29) is 0 Å². The fourth-order valence-electron chi connectivity index (χ4n) is 3.27. The highest BCUT2D eigenvalue weighted by atomic mass is 15.1. The number of nitrogens with zero attached hydrogens (tertiary/aromatic N) is 3. The van der Waals surface area contributed by atoms with Crippen LogP contribution in [-0.2, 0) is 0 Å². The summed E-state index contributed by atoms with van der Waals surface area (Å²) in [4.78, 5) is 8.52. The van der Waals surface area contributed by atoms with E-state index in [1.54, 1.807) is 6.20 Å². The van der Waals surface area contributed by atoms with E-state index in [9.17, 15) is 0 Å². The zero-order chi connectivity index (χ0) is 13.9. The van der Waals surface area contributed by atoms with Gasteiger partial charge in [0.1, 0.15) is 5.82 Å². The number of pyridine rings is 1. The zero-order valence-electron chi connectivity index (χ0n) is 12.0. The molecule has 4 heteroatoms. The van der Waals surface area contributed by atoms with Gasteiger partial charge in [0, 0.05) is 17.8 Å². The average molecular weight is 270 g/mol. The summed E-state index contributed by atoms with van der Waals surface area (Å²) < 4.78 is 2.29. The Kier molecular flexibility index (Phi) is 3.72. The van der Waals surface area contributed by atoms with Gasteiger partial charge in [0.2, 0.25) is 0 Å². The summed E-state index contributed by atoms with van der Waals surface area (Å²) >= 11 is 0. The van der Waals surface area contributed by atoms with Gasteiger partial charge in [0.25, 0.3) is 0 Å². The summed E-state index contributed by atoms with van der Waals surface area (Å²) in [5.74, 6) is 1.48. The van der Waals surface area contributed by atoms with Gasteiger partial charge in [-0.3, -0.25) is 0 Å². The predicted molar refractivity (Wildman–Crippen MR) is 81.2 cm³/mol. The molecule has 2 N–H and O–H groups in total. The minimum atomic E-state index is 0.551. The standard InChI is InChI=1S/C16H22N4/c1-2-12-5-7-13(8-6-12)20-11-18-10-15(20)14-4-3-9-19-16(14)17/h3-4,9-13H,2,5-8H2,1H3,(H2,17,19). The van der Waals surface area contributed by atoms with Crippen LogP contribution in [0.2, 0.25) is 0 Å². The lowest BCUT2D eigenvalue weighted by atomic mass is 9.84. The largest absolute Gasteiger partial charge is 0.383 e. The SMILES string of the molecule is CCC1CCC(n2cncc2-c2cccnc2N)CC1. The van der Waals surface area contributed by atoms with Gasteiger partial charge >= 0.3 is 0 Å². The predicted octanol–water partition coefficient (Wildman–Crippen LogP) is 3.67. The first kappa shape index (κ1) is 13.2. The number of imidazole rings is 1. The second kappa shape index (κ2) is 5.65. The van der Waals surface area contributed by atoms with Crippen LogP contribution in [0.3, 0.4) is 0 Å². The third kappa shape index (κ3) is 2.42. The molecule has 4 nitrogen and oxygen atoms in total. The molecular formula is C16H22N4. The minimum Gasteiger partial charge on any atom is -0.383 e. The van der Waals surface area contributed by atoms with Crippen molar-refractivity contribution in [2.75, 3.05) is 5.73 Å². The molecule has 0 unspecified atom stereocenters. The van der Waals surface area contributed by atoms with Crippen LogP contribution in [0, 0.1) is 5.92 Å². The van der Waals surface area contributed by atoms with E-state index >= 15 is 0 Å². The van der Waals surface area contributed by atoms with Gasteiger partial charge in [0.15, 0.2) is 0 Å². The van der Waals surface area contributed by atoms with Gasteiger partial charge in [-0.25, -0.2) is 9.97 Å². The molecule has 3 rings (SSSR count). The molecule has 1 fully saturated rings. The summed E-state index contributed by atoms with van der Waals surface area (Å²) in [5, 5.41) is 0. The molecule has 2 aromatic heterocycles. The van der Waals surface area contributed by atoms with E-state index in [4.69, 9.17) is 5.73 Å². The molecule has 1 aliphatic rings. The summed E-state index contributed by atoms with van der Waals surface area (Å²) in [6.07, 6.45) is 12.0. The van der Waals surface area contributed by atoms with Gasteiger partial charge in [-0.05, 0) is 43.7 Å². The average Bonchev–Trinajstić information content (AvgIpc) is 2.97. The maximum absolute atomic E-state index is 6.00. The zero-order valence-corrected chi connectivity index (χ0v) is 12.0. The molecule has 1 aliphatic carbocycles. The maximum Gasteiger partial charge on any atom is 0.132 e. The van der Waals surface area contributed by atoms with Crippen molar-refractivity contribution in [3.63, 3.8) is 0 Å². The summed E-state index contributed by atoms with van der Waals surface area (Å²) in [7, 11) is 0. The molecule has 2 heterocycles. The van der Waals surface area contributed by atoms with Crippen molar-refractivity contribution in [1.29, 1.82) is 0 Å². The van der Waals surface area contributed by atoms with E-state index < -0.39 is 0 Å². The lowest BCUT2D eigenvalue weighted by molar-refractivity contribution is 0.271. The van der Waals surface area contributed by atoms with Crippen LogP contribution in [-0.4, -0.2) is 14.5 Å². The Morgan fingerprint density at radius 2 is 2.10 bits per heavy atom. The first-order valence-corrected chi connectivity index (χ1v) is 7.52. The number of aromatic nitrogens is 3. The Labute approximate surface area is 120 Å². The second-order valence-corrected chi connectivity index (χ2v) is 5.71. The van der Waals surface area contributed by atoms with Crippen LogP contribution in [0.5, 0.6) is 0 Å².